The van der Waals surface area contributed by atoms with Gasteiger partial charge in [0.2, 0.25) is 0 Å². The van der Waals surface area contributed by atoms with E-state index in [4.69, 9.17) is 4.74 Å². The zero-order valence-electron chi connectivity index (χ0n) is 7.23. The topological polar surface area (TPSA) is 33.3 Å². The fraction of sp³-hybridized carbons (Fsp3) is 1.00. The maximum Gasteiger partial charge on any atom is 0.0587 e. The molecule has 0 aromatic rings. The summed E-state index contributed by atoms with van der Waals surface area (Å²) in [6.45, 7) is 3.92. The molecule has 0 heterocycles. The average molecular weight is 158 g/mol. The van der Waals surface area contributed by atoms with Gasteiger partial charge in [0.25, 0.3) is 0 Å². The smallest absolute Gasteiger partial charge is 0.0587 e. The van der Waals surface area contributed by atoms with Gasteiger partial charge in [-0.1, -0.05) is 0 Å². The van der Waals surface area contributed by atoms with Gasteiger partial charge in [-0.2, -0.15) is 0 Å². The van der Waals surface area contributed by atoms with Crippen LogP contribution in [0.5, 0.6) is 0 Å². The highest BCUT2D eigenvalue weighted by atomic mass is 16.5. The molecule has 0 amide bonds. The van der Waals surface area contributed by atoms with E-state index in [0.29, 0.717) is 0 Å². The van der Waals surface area contributed by atoms with Gasteiger partial charge in [-0.05, 0) is 12.8 Å². The van der Waals surface area contributed by atoms with Crippen molar-refractivity contribution in [2.75, 3.05) is 33.4 Å². The summed E-state index contributed by atoms with van der Waals surface area (Å²) in [6.07, 6.45) is 2.75. The normalized spacial score (nSPS) is 17.2. The van der Waals surface area contributed by atoms with Crippen LogP contribution in [0, 0.1) is 0 Å². The van der Waals surface area contributed by atoms with Gasteiger partial charge >= 0.3 is 0 Å². The molecule has 2 N–H and O–H groups in total. The molecule has 1 rings (SSSR count). The number of methoxy groups -OCH3 is 1. The van der Waals surface area contributed by atoms with Gasteiger partial charge in [-0.3, -0.25) is 0 Å². The second-order valence-corrected chi connectivity index (χ2v) is 2.97. The maximum absolute atomic E-state index is 4.90. The Bertz CT molecular complexity index is 94.1. The van der Waals surface area contributed by atoms with Crippen molar-refractivity contribution >= 4 is 0 Å². The van der Waals surface area contributed by atoms with Crippen molar-refractivity contribution in [3.8, 4) is 0 Å². The van der Waals surface area contributed by atoms with E-state index in [0.717, 1.165) is 32.3 Å². The molecule has 66 valence electrons. The van der Waals surface area contributed by atoms with Crippen molar-refractivity contribution in [1.82, 2.24) is 10.6 Å². The van der Waals surface area contributed by atoms with Gasteiger partial charge in [0.15, 0.2) is 0 Å². The summed E-state index contributed by atoms with van der Waals surface area (Å²) in [5.74, 6) is 0. The molecule has 3 heteroatoms. The number of hydrogen-bond donors (Lipinski definition) is 2. The third-order valence-corrected chi connectivity index (χ3v) is 1.80. The minimum atomic E-state index is 0.809. The van der Waals surface area contributed by atoms with E-state index < -0.39 is 0 Å². The molecule has 0 atom stereocenters. The molecule has 3 nitrogen and oxygen atoms in total. The lowest BCUT2D eigenvalue weighted by Gasteiger charge is -2.04. The lowest BCUT2D eigenvalue weighted by Crippen LogP contribution is -2.30. The van der Waals surface area contributed by atoms with Crippen LogP contribution in [0.1, 0.15) is 12.8 Å². The molecule has 0 aliphatic heterocycles. The van der Waals surface area contributed by atoms with Gasteiger partial charge in [0.1, 0.15) is 0 Å². The monoisotopic (exact) mass is 158 g/mol. The lowest BCUT2D eigenvalue weighted by molar-refractivity contribution is 0.199. The molecule has 0 unspecified atom stereocenters. The Kier molecular flexibility index (Phi) is 4.50. The van der Waals surface area contributed by atoms with Crippen molar-refractivity contribution in [2.24, 2.45) is 0 Å². The van der Waals surface area contributed by atoms with Crippen LogP contribution in [0.3, 0.4) is 0 Å². The summed E-state index contributed by atoms with van der Waals surface area (Å²) < 4.78 is 4.90. The van der Waals surface area contributed by atoms with E-state index in [9.17, 15) is 0 Å². The Morgan fingerprint density at radius 1 is 1.27 bits per heavy atom. The molecule has 0 saturated heterocycles. The SMILES string of the molecule is COCCNCCNC1CC1. The largest absolute Gasteiger partial charge is 0.383 e. The second-order valence-electron chi connectivity index (χ2n) is 2.97. The Hall–Kier alpha value is -0.120. The first-order chi connectivity index (χ1) is 5.43. The first-order valence-electron chi connectivity index (χ1n) is 4.36. The van der Waals surface area contributed by atoms with E-state index in [1.54, 1.807) is 7.11 Å². The minimum Gasteiger partial charge on any atom is -0.383 e. The van der Waals surface area contributed by atoms with E-state index >= 15 is 0 Å². The fourth-order valence-electron chi connectivity index (χ4n) is 0.951. The Morgan fingerprint density at radius 3 is 2.73 bits per heavy atom. The number of hydrogen-bond acceptors (Lipinski definition) is 3. The average Bonchev–Trinajstić information content (AvgIpc) is 2.80. The number of ether oxygens (including phenoxy) is 1. The van der Waals surface area contributed by atoms with E-state index in [1.165, 1.54) is 12.8 Å². The zero-order valence-corrected chi connectivity index (χ0v) is 7.23. The molecule has 1 fully saturated rings. The number of nitrogens with one attached hydrogen (secondary N) is 2. The third kappa shape index (κ3) is 5.18. The maximum atomic E-state index is 4.90. The quantitative estimate of drug-likeness (QED) is 0.511. The highest BCUT2D eigenvalue weighted by Gasteiger charge is 2.19. The fourth-order valence-corrected chi connectivity index (χ4v) is 0.951. The molecule has 1 aliphatic rings. The Balaban J connectivity index is 1.66. The summed E-state index contributed by atoms with van der Waals surface area (Å²) in [7, 11) is 1.73. The summed E-state index contributed by atoms with van der Waals surface area (Å²) in [5, 5.41) is 6.71. The van der Waals surface area contributed by atoms with Gasteiger partial charge < -0.3 is 15.4 Å². The molecular weight excluding hydrogens is 140 g/mol. The summed E-state index contributed by atoms with van der Waals surface area (Å²) >= 11 is 0. The van der Waals surface area contributed by atoms with Gasteiger partial charge in [0, 0.05) is 32.8 Å². The van der Waals surface area contributed by atoms with Crippen molar-refractivity contribution in [3.05, 3.63) is 0 Å². The highest BCUT2D eigenvalue weighted by molar-refractivity contribution is 4.80. The molecule has 1 saturated carbocycles. The van der Waals surface area contributed by atoms with Gasteiger partial charge in [-0.25, -0.2) is 0 Å². The first kappa shape index (κ1) is 8.97. The molecule has 0 bridgehead atoms. The van der Waals surface area contributed by atoms with Crippen LogP contribution in [0.2, 0.25) is 0 Å². The molecule has 0 radical (unpaired) electrons. The molecule has 0 aromatic heterocycles. The third-order valence-electron chi connectivity index (χ3n) is 1.80. The lowest BCUT2D eigenvalue weighted by atomic mass is 10.5. The van der Waals surface area contributed by atoms with Crippen LogP contribution in [-0.4, -0.2) is 39.4 Å². The van der Waals surface area contributed by atoms with Crippen molar-refractivity contribution < 1.29 is 4.74 Å². The van der Waals surface area contributed by atoms with Crippen LogP contribution in [0.4, 0.5) is 0 Å². The van der Waals surface area contributed by atoms with Gasteiger partial charge in [0.05, 0.1) is 6.61 Å². The molecule has 0 aromatic carbocycles. The van der Waals surface area contributed by atoms with Crippen molar-refractivity contribution in [3.63, 3.8) is 0 Å². The molecular formula is C8H18N2O. The first-order valence-corrected chi connectivity index (χ1v) is 4.36. The summed E-state index contributed by atoms with van der Waals surface area (Å²) in [5.41, 5.74) is 0. The van der Waals surface area contributed by atoms with Crippen LogP contribution in [0.25, 0.3) is 0 Å². The van der Waals surface area contributed by atoms with E-state index in [2.05, 4.69) is 10.6 Å². The van der Waals surface area contributed by atoms with Crippen molar-refractivity contribution in [2.45, 2.75) is 18.9 Å². The van der Waals surface area contributed by atoms with Crippen molar-refractivity contribution in [1.29, 1.82) is 0 Å². The summed E-state index contributed by atoms with van der Waals surface area (Å²) in [4.78, 5) is 0. The van der Waals surface area contributed by atoms with Crippen LogP contribution >= 0.6 is 0 Å². The zero-order chi connectivity index (χ0) is 7.94. The van der Waals surface area contributed by atoms with Crippen LogP contribution < -0.4 is 10.6 Å². The Morgan fingerprint density at radius 2 is 2.09 bits per heavy atom. The van der Waals surface area contributed by atoms with Crippen LogP contribution in [-0.2, 0) is 4.74 Å². The van der Waals surface area contributed by atoms with E-state index in [-0.39, 0.29) is 0 Å². The van der Waals surface area contributed by atoms with Gasteiger partial charge in [-0.15, -0.1) is 0 Å². The molecule has 0 spiro atoms. The standard InChI is InChI=1S/C8H18N2O/c1-11-7-6-9-4-5-10-8-2-3-8/h8-10H,2-7H2,1H3. The minimum absolute atomic E-state index is 0.809. The predicted octanol–water partition coefficient (Wildman–Crippen LogP) is -0.0256. The Labute approximate surface area is 68.5 Å². The molecule has 11 heavy (non-hydrogen) atoms. The second kappa shape index (κ2) is 5.52. The van der Waals surface area contributed by atoms with Crippen LogP contribution in [0.15, 0.2) is 0 Å². The molecule has 1 aliphatic carbocycles. The highest BCUT2D eigenvalue weighted by Crippen LogP contribution is 2.17. The summed E-state index contributed by atoms with van der Waals surface area (Å²) in [6, 6.07) is 0.833. The predicted molar refractivity (Wildman–Crippen MR) is 45.8 cm³/mol. The van der Waals surface area contributed by atoms with E-state index in [1.807, 2.05) is 0 Å². The number of rotatable bonds is 7.